The van der Waals surface area contributed by atoms with Gasteiger partial charge in [0.25, 0.3) is 0 Å². The maximum atomic E-state index is 13.1. The predicted molar refractivity (Wildman–Crippen MR) is 124 cm³/mol. The van der Waals surface area contributed by atoms with E-state index in [0.717, 1.165) is 39.5 Å². The summed E-state index contributed by atoms with van der Waals surface area (Å²) in [5.74, 6) is -0.259. The van der Waals surface area contributed by atoms with Crippen LogP contribution in [0, 0.1) is 19.7 Å². The lowest BCUT2D eigenvalue weighted by Crippen LogP contribution is -2.03. The molecule has 1 heterocycles. The van der Waals surface area contributed by atoms with Gasteiger partial charge >= 0.3 is 0 Å². The van der Waals surface area contributed by atoms with Gasteiger partial charge in [0, 0.05) is 16.9 Å². The fraction of sp³-hybridized carbons (Fsp3) is 0.148. The predicted octanol–water partition coefficient (Wildman–Crippen LogP) is 6.84. The normalized spacial score (nSPS) is 11.5. The van der Waals surface area contributed by atoms with E-state index in [2.05, 4.69) is 66.0 Å². The van der Waals surface area contributed by atoms with Crippen LogP contribution in [0.2, 0.25) is 0 Å². The van der Waals surface area contributed by atoms with Crippen LogP contribution in [-0.2, 0) is 11.4 Å². The second-order valence-electron chi connectivity index (χ2n) is 7.65. The van der Waals surface area contributed by atoms with E-state index >= 15 is 0 Å². The van der Waals surface area contributed by atoms with Gasteiger partial charge in [-0.15, -0.1) is 0 Å². The van der Waals surface area contributed by atoms with E-state index in [-0.39, 0.29) is 5.82 Å². The summed E-state index contributed by atoms with van der Waals surface area (Å²) in [6, 6.07) is 27.2. The van der Waals surface area contributed by atoms with Crippen LogP contribution in [-0.4, -0.2) is 10.3 Å². The van der Waals surface area contributed by atoms with Gasteiger partial charge in [-0.1, -0.05) is 59.8 Å². The number of hydrogen-bond donors (Lipinski definition) is 0. The molecule has 0 N–H and O–H groups in total. The van der Waals surface area contributed by atoms with Gasteiger partial charge in [0.15, 0.2) is 0 Å². The van der Waals surface area contributed by atoms with Crippen molar-refractivity contribution in [1.82, 2.24) is 4.57 Å². The summed E-state index contributed by atoms with van der Waals surface area (Å²) >= 11 is 0. The number of rotatable bonds is 6. The number of oxime groups is 1. The summed E-state index contributed by atoms with van der Waals surface area (Å²) in [5.41, 5.74) is 8.35. The monoisotopic (exact) mass is 412 g/mol. The minimum atomic E-state index is -0.259. The van der Waals surface area contributed by atoms with Crippen LogP contribution in [0.3, 0.4) is 0 Å². The van der Waals surface area contributed by atoms with Crippen LogP contribution in [0.25, 0.3) is 16.9 Å². The Labute approximate surface area is 182 Å². The lowest BCUT2D eigenvalue weighted by Gasteiger charge is -2.13. The molecule has 31 heavy (non-hydrogen) atoms. The quantitative estimate of drug-likeness (QED) is 0.251. The number of nitrogens with zero attached hydrogens (tertiary/aromatic N) is 2. The number of benzene rings is 3. The van der Waals surface area contributed by atoms with Crippen molar-refractivity contribution >= 4 is 5.71 Å². The molecule has 4 aromatic rings. The number of halogens is 1. The Bertz CT molecular complexity index is 1210. The third-order valence-electron chi connectivity index (χ3n) is 5.31. The van der Waals surface area contributed by atoms with E-state index in [0.29, 0.717) is 6.61 Å². The number of hydrogen-bond acceptors (Lipinski definition) is 2. The zero-order valence-corrected chi connectivity index (χ0v) is 18.0. The van der Waals surface area contributed by atoms with E-state index in [4.69, 9.17) is 4.84 Å². The molecular formula is C27H25FN2O. The molecule has 3 aromatic carbocycles. The van der Waals surface area contributed by atoms with Gasteiger partial charge in [0.05, 0.1) is 11.4 Å². The zero-order valence-electron chi connectivity index (χ0n) is 18.0. The number of aryl methyl sites for hydroxylation is 1. The molecule has 0 aliphatic rings. The van der Waals surface area contributed by atoms with Gasteiger partial charge in [-0.3, -0.25) is 0 Å². The standard InChI is InChI=1S/C27H25FN2O/c1-19-8-7-11-25(16-19)30-21(3)26(17-27(30)23-9-5-4-6-10-23)20(2)29-31-18-22-12-14-24(28)15-13-22/h4-17H,18H2,1-3H3/b29-20-. The average Bonchev–Trinajstić information content (AvgIpc) is 3.13. The molecule has 0 radical (unpaired) electrons. The minimum absolute atomic E-state index is 0.259. The molecule has 4 heteroatoms. The minimum Gasteiger partial charge on any atom is -0.391 e. The fourth-order valence-electron chi connectivity index (χ4n) is 3.73. The van der Waals surface area contributed by atoms with Crippen molar-refractivity contribution in [2.75, 3.05) is 0 Å². The molecule has 0 fully saturated rings. The van der Waals surface area contributed by atoms with Crippen molar-refractivity contribution in [3.05, 3.63) is 113 Å². The van der Waals surface area contributed by atoms with Gasteiger partial charge in [-0.2, -0.15) is 0 Å². The lowest BCUT2D eigenvalue weighted by molar-refractivity contribution is 0.130. The van der Waals surface area contributed by atoms with Gasteiger partial charge in [-0.25, -0.2) is 4.39 Å². The molecule has 0 bridgehead atoms. The second kappa shape index (κ2) is 9.00. The Morgan fingerprint density at radius 1 is 0.903 bits per heavy atom. The summed E-state index contributed by atoms with van der Waals surface area (Å²) in [6.45, 7) is 6.44. The van der Waals surface area contributed by atoms with Crippen LogP contribution in [0.4, 0.5) is 4.39 Å². The first-order valence-corrected chi connectivity index (χ1v) is 10.3. The van der Waals surface area contributed by atoms with Gasteiger partial charge in [0.1, 0.15) is 12.4 Å². The Morgan fingerprint density at radius 2 is 1.65 bits per heavy atom. The molecule has 0 amide bonds. The Hall–Kier alpha value is -3.66. The second-order valence-corrected chi connectivity index (χ2v) is 7.65. The smallest absolute Gasteiger partial charge is 0.142 e. The van der Waals surface area contributed by atoms with Crippen molar-refractivity contribution in [2.45, 2.75) is 27.4 Å². The molecule has 4 rings (SSSR count). The van der Waals surface area contributed by atoms with Gasteiger partial charge in [0.2, 0.25) is 0 Å². The summed E-state index contributed by atoms with van der Waals surface area (Å²) in [5, 5.41) is 4.34. The molecule has 0 saturated heterocycles. The topological polar surface area (TPSA) is 26.5 Å². The van der Waals surface area contributed by atoms with E-state index < -0.39 is 0 Å². The van der Waals surface area contributed by atoms with Crippen LogP contribution >= 0.6 is 0 Å². The van der Waals surface area contributed by atoms with E-state index in [1.165, 1.54) is 17.7 Å². The summed E-state index contributed by atoms with van der Waals surface area (Å²) in [7, 11) is 0. The van der Waals surface area contributed by atoms with Crippen molar-refractivity contribution in [1.29, 1.82) is 0 Å². The fourth-order valence-corrected chi connectivity index (χ4v) is 3.73. The molecule has 0 aliphatic carbocycles. The third-order valence-corrected chi connectivity index (χ3v) is 5.31. The summed E-state index contributed by atoms with van der Waals surface area (Å²) in [4.78, 5) is 5.57. The molecule has 0 saturated carbocycles. The summed E-state index contributed by atoms with van der Waals surface area (Å²) < 4.78 is 15.3. The first-order valence-electron chi connectivity index (χ1n) is 10.3. The van der Waals surface area contributed by atoms with Crippen LogP contribution in [0.1, 0.15) is 29.3 Å². The summed E-state index contributed by atoms with van der Waals surface area (Å²) in [6.07, 6.45) is 0. The van der Waals surface area contributed by atoms with E-state index in [1.807, 2.05) is 25.1 Å². The van der Waals surface area contributed by atoms with Crippen LogP contribution in [0.15, 0.2) is 90.1 Å². The Kier molecular flexibility index (Phi) is 5.99. The molecule has 3 nitrogen and oxygen atoms in total. The molecule has 0 atom stereocenters. The molecule has 156 valence electrons. The Balaban J connectivity index is 1.70. The zero-order chi connectivity index (χ0) is 21.8. The first-order chi connectivity index (χ1) is 15.0. The van der Waals surface area contributed by atoms with Gasteiger partial charge in [-0.05, 0) is 67.8 Å². The van der Waals surface area contributed by atoms with Crippen molar-refractivity contribution in [2.24, 2.45) is 5.16 Å². The average molecular weight is 413 g/mol. The Morgan fingerprint density at radius 3 is 2.35 bits per heavy atom. The number of aromatic nitrogens is 1. The van der Waals surface area contributed by atoms with E-state index in [9.17, 15) is 4.39 Å². The van der Waals surface area contributed by atoms with Crippen LogP contribution in [0.5, 0.6) is 0 Å². The highest BCUT2D eigenvalue weighted by molar-refractivity contribution is 6.01. The SMILES string of the molecule is C/C(=N/OCc1ccc(F)cc1)c1cc(-c2ccccc2)n(-c2cccc(C)c2)c1C. The first kappa shape index (κ1) is 20.6. The van der Waals surface area contributed by atoms with Crippen molar-refractivity contribution < 1.29 is 9.23 Å². The van der Waals surface area contributed by atoms with Crippen molar-refractivity contribution in [3.8, 4) is 16.9 Å². The highest BCUT2D eigenvalue weighted by atomic mass is 19.1. The molecule has 0 aliphatic heterocycles. The molecular weight excluding hydrogens is 387 g/mol. The highest BCUT2D eigenvalue weighted by Crippen LogP contribution is 2.30. The van der Waals surface area contributed by atoms with Crippen LogP contribution < -0.4 is 0 Å². The maximum Gasteiger partial charge on any atom is 0.142 e. The molecule has 0 unspecified atom stereocenters. The highest BCUT2D eigenvalue weighted by Gasteiger charge is 2.17. The third kappa shape index (κ3) is 4.58. The van der Waals surface area contributed by atoms with E-state index in [1.54, 1.807) is 12.1 Å². The van der Waals surface area contributed by atoms with Crippen molar-refractivity contribution in [3.63, 3.8) is 0 Å². The molecule has 1 aromatic heterocycles. The molecule has 0 spiro atoms. The van der Waals surface area contributed by atoms with Gasteiger partial charge < -0.3 is 9.40 Å². The lowest BCUT2D eigenvalue weighted by atomic mass is 10.1. The maximum absolute atomic E-state index is 13.1. The largest absolute Gasteiger partial charge is 0.391 e.